The minimum Gasteiger partial charge on any atom is -0.493 e. The van der Waals surface area contributed by atoms with E-state index in [-0.39, 0.29) is 18.4 Å². The van der Waals surface area contributed by atoms with Crippen molar-refractivity contribution in [3.8, 4) is 17.6 Å². The number of carbonyl (C=O) groups excluding carboxylic acids is 2. The van der Waals surface area contributed by atoms with Gasteiger partial charge in [0.25, 0.3) is 11.8 Å². The van der Waals surface area contributed by atoms with Crippen LogP contribution in [0.2, 0.25) is 0 Å². The fraction of sp³-hybridized carbons (Fsp3) is 0.286. The average molecular weight is 379 g/mol. The fourth-order valence-electron chi connectivity index (χ4n) is 3.03. The summed E-state index contributed by atoms with van der Waals surface area (Å²) in [5, 5.41) is 11.7. The minimum atomic E-state index is -0.364. The molecule has 7 nitrogen and oxygen atoms in total. The Morgan fingerprint density at radius 3 is 2.64 bits per heavy atom. The molecule has 0 atom stereocenters. The maximum absolute atomic E-state index is 12.5. The number of amides is 2. The topological polar surface area (TPSA) is 91.7 Å². The van der Waals surface area contributed by atoms with Crippen molar-refractivity contribution in [2.24, 2.45) is 0 Å². The number of nitrogens with zero attached hydrogens (tertiary/aromatic N) is 2. The summed E-state index contributed by atoms with van der Waals surface area (Å²) in [4.78, 5) is 26.5. The van der Waals surface area contributed by atoms with Gasteiger partial charge in [0.15, 0.2) is 18.1 Å². The second kappa shape index (κ2) is 8.91. The fourth-order valence-corrected chi connectivity index (χ4v) is 3.03. The quantitative estimate of drug-likeness (QED) is 0.833. The monoisotopic (exact) mass is 379 g/mol. The number of rotatable bonds is 6. The first kappa shape index (κ1) is 19.2. The third-order valence-electron chi connectivity index (χ3n) is 4.44. The zero-order valence-electron chi connectivity index (χ0n) is 15.6. The summed E-state index contributed by atoms with van der Waals surface area (Å²) < 4.78 is 10.7. The van der Waals surface area contributed by atoms with Crippen molar-refractivity contribution in [3.63, 3.8) is 0 Å². The second-order valence-corrected chi connectivity index (χ2v) is 6.39. The molecule has 0 radical (unpaired) electrons. The molecule has 0 aliphatic carbocycles. The van der Waals surface area contributed by atoms with Crippen molar-refractivity contribution in [3.05, 3.63) is 53.6 Å². The first-order chi connectivity index (χ1) is 13.6. The molecule has 2 amide bonds. The Kier molecular flexibility index (Phi) is 6.12. The Hall–Kier alpha value is -3.53. The summed E-state index contributed by atoms with van der Waals surface area (Å²) in [7, 11) is 1.46. The Morgan fingerprint density at radius 1 is 1.14 bits per heavy atom. The Bertz CT molecular complexity index is 914. The predicted octanol–water partition coefficient (Wildman–Crippen LogP) is 2.82. The smallest absolute Gasteiger partial charge is 0.262 e. The molecular weight excluding hydrogens is 358 g/mol. The molecule has 144 valence electrons. The van der Waals surface area contributed by atoms with E-state index < -0.39 is 0 Å². The first-order valence-corrected chi connectivity index (χ1v) is 9.01. The van der Waals surface area contributed by atoms with Gasteiger partial charge in [0.05, 0.1) is 18.7 Å². The van der Waals surface area contributed by atoms with Gasteiger partial charge in [-0.05, 0) is 43.2 Å². The maximum Gasteiger partial charge on any atom is 0.262 e. The number of carbonyl (C=O) groups is 2. The van der Waals surface area contributed by atoms with Gasteiger partial charge < -0.3 is 19.7 Å². The van der Waals surface area contributed by atoms with Gasteiger partial charge in [-0.2, -0.15) is 5.26 Å². The molecule has 7 heteroatoms. The van der Waals surface area contributed by atoms with Gasteiger partial charge in [0.1, 0.15) is 0 Å². The second-order valence-electron chi connectivity index (χ2n) is 6.39. The first-order valence-electron chi connectivity index (χ1n) is 9.01. The predicted molar refractivity (Wildman–Crippen MR) is 103 cm³/mol. The molecule has 1 aliphatic rings. The Labute approximate surface area is 163 Å². The van der Waals surface area contributed by atoms with Crippen LogP contribution in [0.1, 0.15) is 28.8 Å². The number of methoxy groups -OCH3 is 1. The molecule has 3 rings (SSSR count). The molecule has 1 saturated heterocycles. The third kappa shape index (κ3) is 4.60. The van der Waals surface area contributed by atoms with Gasteiger partial charge in [-0.25, -0.2) is 0 Å². The molecule has 0 spiro atoms. The highest BCUT2D eigenvalue weighted by atomic mass is 16.5. The largest absolute Gasteiger partial charge is 0.493 e. The van der Waals surface area contributed by atoms with E-state index in [1.165, 1.54) is 7.11 Å². The number of ether oxygens (including phenoxy) is 2. The van der Waals surface area contributed by atoms with Crippen LogP contribution in [-0.2, 0) is 4.79 Å². The van der Waals surface area contributed by atoms with Crippen LogP contribution in [0.4, 0.5) is 5.69 Å². The normalized spacial score (nSPS) is 12.9. The summed E-state index contributed by atoms with van der Waals surface area (Å²) >= 11 is 0. The summed E-state index contributed by atoms with van der Waals surface area (Å²) in [6.45, 7) is 1.32. The van der Waals surface area contributed by atoms with Crippen LogP contribution < -0.4 is 14.8 Å². The molecule has 0 bridgehead atoms. The molecule has 1 aliphatic heterocycles. The number of hydrogen-bond acceptors (Lipinski definition) is 5. The molecule has 1 heterocycles. The van der Waals surface area contributed by atoms with Crippen LogP contribution in [0.3, 0.4) is 0 Å². The van der Waals surface area contributed by atoms with Gasteiger partial charge >= 0.3 is 0 Å². The lowest BCUT2D eigenvalue weighted by molar-refractivity contribution is -0.118. The van der Waals surface area contributed by atoms with Crippen LogP contribution >= 0.6 is 0 Å². The van der Waals surface area contributed by atoms with E-state index in [1.54, 1.807) is 42.5 Å². The van der Waals surface area contributed by atoms with Crippen LogP contribution in [-0.4, -0.2) is 43.5 Å². The SMILES string of the molecule is COc1cc(C#N)ccc1OCC(=O)Nc1cccc(C(=O)N2CCCC2)c1. The van der Waals surface area contributed by atoms with Gasteiger partial charge in [0.2, 0.25) is 0 Å². The van der Waals surface area contributed by atoms with E-state index in [9.17, 15) is 9.59 Å². The Morgan fingerprint density at radius 2 is 1.93 bits per heavy atom. The lowest BCUT2D eigenvalue weighted by atomic mass is 10.1. The maximum atomic E-state index is 12.5. The minimum absolute atomic E-state index is 0.0211. The van der Waals surface area contributed by atoms with Crippen molar-refractivity contribution in [2.75, 3.05) is 32.1 Å². The summed E-state index contributed by atoms with van der Waals surface area (Å²) in [6.07, 6.45) is 2.05. The van der Waals surface area contributed by atoms with E-state index >= 15 is 0 Å². The lowest BCUT2D eigenvalue weighted by Gasteiger charge is -2.16. The highest BCUT2D eigenvalue weighted by Gasteiger charge is 2.19. The summed E-state index contributed by atoms with van der Waals surface area (Å²) in [6, 6.07) is 13.6. The Balaban J connectivity index is 1.60. The van der Waals surface area contributed by atoms with Crippen LogP contribution in [0.25, 0.3) is 0 Å². The number of benzene rings is 2. The number of hydrogen-bond donors (Lipinski definition) is 1. The molecule has 28 heavy (non-hydrogen) atoms. The zero-order valence-corrected chi connectivity index (χ0v) is 15.6. The molecule has 1 N–H and O–H groups in total. The summed E-state index contributed by atoms with van der Waals surface area (Å²) in [5.74, 6) is 0.365. The van der Waals surface area contributed by atoms with E-state index in [4.69, 9.17) is 14.7 Å². The standard InChI is InChI=1S/C21H21N3O4/c1-27-19-11-15(13-22)7-8-18(19)28-14-20(25)23-17-6-4-5-16(12-17)21(26)24-9-2-3-10-24/h4-8,11-12H,2-3,9-10,14H2,1H3,(H,23,25). The van der Waals surface area contributed by atoms with E-state index in [1.807, 2.05) is 11.0 Å². The number of nitriles is 1. The molecule has 2 aromatic carbocycles. The third-order valence-corrected chi connectivity index (χ3v) is 4.44. The van der Waals surface area contributed by atoms with E-state index in [0.717, 1.165) is 25.9 Å². The van der Waals surface area contributed by atoms with Gasteiger partial charge in [-0.1, -0.05) is 6.07 Å². The van der Waals surface area contributed by atoms with Crippen molar-refractivity contribution < 1.29 is 19.1 Å². The van der Waals surface area contributed by atoms with Crippen molar-refractivity contribution in [2.45, 2.75) is 12.8 Å². The van der Waals surface area contributed by atoms with Gasteiger partial charge in [-0.3, -0.25) is 9.59 Å². The average Bonchev–Trinajstić information content (AvgIpc) is 3.26. The molecule has 2 aromatic rings. The van der Waals surface area contributed by atoms with Crippen LogP contribution in [0, 0.1) is 11.3 Å². The molecule has 0 saturated carbocycles. The molecule has 1 fully saturated rings. The van der Waals surface area contributed by atoms with E-state index in [0.29, 0.717) is 28.3 Å². The van der Waals surface area contributed by atoms with Crippen molar-refractivity contribution in [1.82, 2.24) is 4.90 Å². The highest BCUT2D eigenvalue weighted by Crippen LogP contribution is 2.27. The molecular formula is C21H21N3O4. The molecule has 0 unspecified atom stereocenters. The number of nitrogens with one attached hydrogen (secondary N) is 1. The van der Waals surface area contributed by atoms with Gasteiger partial charge in [0, 0.05) is 30.4 Å². The summed E-state index contributed by atoms with van der Waals surface area (Å²) in [5.41, 5.74) is 1.52. The molecule has 0 aromatic heterocycles. The lowest BCUT2D eigenvalue weighted by Crippen LogP contribution is -2.27. The number of anilines is 1. The number of likely N-dealkylation sites (tertiary alicyclic amines) is 1. The van der Waals surface area contributed by atoms with Gasteiger partial charge in [-0.15, -0.1) is 0 Å². The van der Waals surface area contributed by atoms with E-state index in [2.05, 4.69) is 5.32 Å². The van der Waals surface area contributed by atoms with Crippen molar-refractivity contribution >= 4 is 17.5 Å². The van der Waals surface area contributed by atoms with Crippen LogP contribution in [0.15, 0.2) is 42.5 Å². The van der Waals surface area contributed by atoms with Crippen LogP contribution in [0.5, 0.6) is 11.5 Å². The van der Waals surface area contributed by atoms with Crippen molar-refractivity contribution in [1.29, 1.82) is 5.26 Å². The zero-order chi connectivity index (χ0) is 19.9. The highest BCUT2D eigenvalue weighted by molar-refractivity contribution is 5.97.